The van der Waals surface area contributed by atoms with Crippen molar-refractivity contribution in [2.24, 2.45) is 0 Å². The van der Waals surface area contributed by atoms with Crippen LogP contribution >= 0.6 is 0 Å². The predicted octanol–water partition coefficient (Wildman–Crippen LogP) is 1.21. The Morgan fingerprint density at radius 2 is 2.36 bits per heavy atom. The van der Waals surface area contributed by atoms with Crippen molar-refractivity contribution < 1.29 is 0 Å². The highest BCUT2D eigenvalue weighted by molar-refractivity contribution is 5.40. The molecule has 1 rings (SSSR count). The topological polar surface area (TPSA) is 53.9 Å². The quantitative estimate of drug-likeness (QED) is 0.514. The van der Waals surface area contributed by atoms with Crippen LogP contribution in [0, 0.1) is 24.8 Å². The monoisotopic (exact) mass is 144 g/mol. The lowest BCUT2D eigenvalue weighted by Crippen LogP contribution is -1.89. The predicted molar refractivity (Wildman–Crippen MR) is 37.7 cm³/mol. The molecular formula is C7H4N4. The van der Waals surface area contributed by atoms with Crippen LogP contribution in [0.15, 0.2) is 6.07 Å². The van der Waals surface area contributed by atoms with Crippen LogP contribution in [0.4, 0.5) is 5.82 Å². The van der Waals surface area contributed by atoms with Crippen LogP contribution in [0.25, 0.3) is 4.85 Å². The second-order valence-electron chi connectivity index (χ2n) is 1.88. The maximum absolute atomic E-state index is 8.44. The third kappa shape index (κ3) is 1.50. The average molecular weight is 144 g/mol. The van der Waals surface area contributed by atoms with Crippen molar-refractivity contribution in [3.05, 3.63) is 29.0 Å². The molecule has 0 atom stereocenters. The minimum absolute atomic E-state index is 0.217. The van der Waals surface area contributed by atoms with Crippen molar-refractivity contribution in [3.8, 4) is 6.07 Å². The Labute approximate surface area is 64.0 Å². The van der Waals surface area contributed by atoms with Crippen LogP contribution in [0.5, 0.6) is 0 Å². The Balaban J connectivity index is 3.28. The third-order valence-corrected chi connectivity index (χ3v) is 1.05. The average Bonchev–Trinajstić information content (AvgIpc) is 2.03. The summed E-state index contributed by atoms with van der Waals surface area (Å²) < 4.78 is 0. The summed E-state index contributed by atoms with van der Waals surface area (Å²) in [6, 6.07) is 3.21. The molecule has 0 N–H and O–H groups in total. The van der Waals surface area contributed by atoms with E-state index >= 15 is 0 Å². The SMILES string of the molecule is [C-]#[N+]c1cc(C#N)nc(C)n1. The summed E-state index contributed by atoms with van der Waals surface area (Å²) in [5.74, 6) is 0.670. The van der Waals surface area contributed by atoms with Crippen LogP contribution in [-0.2, 0) is 0 Å². The standard InChI is InChI=1S/C7H4N4/c1-5-10-6(4-8)3-7(9-2)11-5/h3H,1H3. The fourth-order valence-electron chi connectivity index (χ4n) is 0.666. The molecule has 1 aromatic heterocycles. The first kappa shape index (κ1) is 7.17. The molecule has 0 radical (unpaired) electrons. The highest BCUT2D eigenvalue weighted by Gasteiger charge is 2.00. The lowest BCUT2D eigenvalue weighted by atomic mass is 10.4. The molecule has 0 saturated heterocycles. The van der Waals surface area contributed by atoms with Gasteiger partial charge in [0.05, 0.1) is 0 Å². The van der Waals surface area contributed by atoms with Gasteiger partial charge in [0.1, 0.15) is 11.8 Å². The van der Waals surface area contributed by atoms with E-state index in [-0.39, 0.29) is 11.5 Å². The van der Waals surface area contributed by atoms with E-state index in [1.807, 2.05) is 6.07 Å². The van der Waals surface area contributed by atoms with E-state index in [1.54, 1.807) is 6.92 Å². The highest BCUT2D eigenvalue weighted by atomic mass is 15.0. The van der Waals surface area contributed by atoms with Gasteiger partial charge in [0.25, 0.3) is 5.82 Å². The molecule has 0 unspecified atom stereocenters. The summed E-state index contributed by atoms with van der Waals surface area (Å²) in [6.45, 7) is 8.29. The van der Waals surface area contributed by atoms with Crippen molar-refractivity contribution >= 4 is 5.82 Å². The molecule has 0 spiro atoms. The zero-order valence-corrected chi connectivity index (χ0v) is 5.87. The number of hydrogen-bond donors (Lipinski definition) is 0. The molecule has 4 nitrogen and oxygen atoms in total. The maximum atomic E-state index is 8.44. The largest absolute Gasteiger partial charge is 0.360 e. The summed E-state index contributed by atoms with van der Waals surface area (Å²) >= 11 is 0. The zero-order valence-electron chi connectivity index (χ0n) is 5.87. The van der Waals surface area contributed by atoms with Gasteiger partial charge in [-0.15, -0.1) is 4.98 Å². The summed E-state index contributed by atoms with van der Waals surface area (Å²) in [7, 11) is 0. The smallest absolute Gasteiger partial charge is 0.274 e. The van der Waals surface area contributed by atoms with Crippen LogP contribution in [0.2, 0.25) is 0 Å². The molecule has 0 fully saturated rings. The molecule has 4 heteroatoms. The number of nitriles is 1. The van der Waals surface area contributed by atoms with E-state index < -0.39 is 0 Å². The second kappa shape index (κ2) is 2.76. The Morgan fingerprint density at radius 3 is 2.91 bits per heavy atom. The zero-order chi connectivity index (χ0) is 8.27. The van der Waals surface area contributed by atoms with Gasteiger partial charge in [-0.1, -0.05) is 6.57 Å². The van der Waals surface area contributed by atoms with Crippen LogP contribution in [-0.4, -0.2) is 9.97 Å². The molecule has 1 aromatic rings. The van der Waals surface area contributed by atoms with E-state index in [0.29, 0.717) is 5.82 Å². The molecule has 0 aliphatic carbocycles. The fraction of sp³-hybridized carbons (Fsp3) is 0.143. The minimum atomic E-state index is 0.217. The van der Waals surface area contributed by atoms with Gasteiger partial charge >= 0.3 is 0 Å². The highest BCUT2D eigenvalue weighted by Crippen LogP contribution is 2.08. The van der Waals surface area contributed by atoms with Gasteiger partial charge in [-0.25, -0.2) is 4.98 Å². The molecule has 0 amide bonds. The fourth-order valence-corrected chi connectivity index (χ4v) is 0.666. The molecule has 0 aliphatic rings. The Kier molecular flexibility index (Phi) is 1.80. The van der Waals surface area contributed by atoms with Crippen molar-refractivity contribution in [2.75, 3.05) is 0 Å². The number of hydrogen-bond acceptors (Lipinski definition) is 3. The number of rotatable bonds is 0. The van der Waals surface area contributed by atoms with Gasteiger partial charge in [-0.05, 0) is 0 Å². The van der Waals surface area contributed by atoms with Gasteiger partial charge in [0, 0.05) is 13.0 Å². The number of aryl methyl sites for hydroxylation is 1. The molecule has 52 valence electrons. The number of nitrogens with zero attached hydrogens (tertiary/aromatic N) is 4. The summed E-state index contributed by atoms with van der Waals surface area (Å²) in [5.41, 5.74) is 0.239. The lowest BCUT2D eigenvalue weighted by Gasteiger charge is -1.89. The van der Waals surface area contributed by atoms with E-state index in [9.17, 15) is 0 Å². The lowest BCUT2D eigenvalue weighted by molar-refractivity contribution is 1.05. The molecule has 0 saturated carbocycles. The Bertz CT molecular complexity index is 323. The maximum Gasteiger partial charge on any atom is 0.274 e. The van der Waals surface area contributed by atoms with Gasteiger partial charge in [-0.2, -0.15) is 5.26 Å². The first-order valence-corrected chi connectivity index (χ1v) is 2.89. The molecule has 1 heterocycles. The van der Waals surface area contributed by atoms with Crippen molar-refractivity contribution in [1.82, 2.24) is 9.97 Å². The number of aromatic nitrogens is 2. The first-order chi connectivity index (χ1) is 5.26. The van der Waals surface area contributed by atoms with E-state index in [2.05, 4.69) is 14.8 Å². The van der Waals surface area contributed by atoms with Gasteiger partial charge in [0.2, 0.25) is 5.82 Å². The Hall–Kier alpha value is -1.94. The normalized spacial score (nSPS) is 8.27. The van der Waals surface area contributed by atoms with Crippen LogP contribution < -0.4 is 0 Å². The molecule has 0 bridgehead atoms. The summed E-state index contributed by atoms with van der Waals surface area (Å²) in [4.78, 5) is 10.7. The third-order valence-electron chi connectivity index (χ3n) is 1.05. The Morgan fingerprint density at radius 1 is 1.64 bits per heavy atom. The van der Waals surface area contributed by atoms with Crippen molar-refractivity contribution in [1.29, 1.82) is 5.26 Å². The van der Waals surface area contributed by atoms with Crippen molar-refractivity contribution in [3.63, 3.8) is 0 Å². The van der Waals surface area contributed by atoms with E-state index in [0.717, 1.165) is 0 Å². The summed E-state index contributed by atoms with van der Waals surface area (Å²) in [6.07, 6.45) is 0. The van der Waals surface area contributed by atoms with Gasteiger partial charge in [0.15, 0.2) is 0 Å². The molecule has 0 aliphatic heterocycles. The van der Waals surface area contributed by atoms with E-state index in [1.165, 1.54) is 6.07 Å². The van der Waals surface area contributed by atoms with Crippen LogP contribution in [0.1, 0.15) is 11.5 Å². The second-order valence-corrected chi connectivity index (χ2v) is 1.88. The van der Waals surface area contributed by atoms with Crippen molar-refractivity contribution in [2.45, 2.75) is 6.92 Å². The van der Waals surface area contributed by atoms with Gasteiger partial charge in [-0.3, -0.25) is 0 Å². The summed E-state index contributed by atoms with van der Waals surface area (Å²) in [5, 5.41) is 8.44. The molecular weight excluding hydrogens is 140 g/mol. The molecule has 11 heavy (non-hydrogen) atoms. The molecule has 0 aromatic carbocycles. The minimum Gasteiger partial charge on any atom is -0.360 e. The van der Waals surface area contributed by atoms with Crippen LogP contribution in [0.3, 0.4) is 0 Å². The van der Waals surface area contributed by atoms with Gasteiger partial charge < -0.3 is 4.85 Å². The first-order valence-electron chi connectivity index (χ1n) is 2.89. The van der Waals surface area contributed by atoms with E-state index in [4.69, 9.17) is 11.8 Å².